The summed E-state index contributed by atoms with van der Waals surface area (Å²) in [4.78, 5) is 34.1. The number of aryl methyl sites for hydroxylation is 1. The van der Waals surface area contributed by atoms with Gasteiger partial charge in [-0.25, -0.2) is 9.59 Å². The Balaban J connectivity index is 1.28. The Bertz CT molecular complexity index is 973. The normalized spacial score (nSPS) is 19.8. The maximum atomic E-state index is 12.3. The fourth-order valence-corrected chi connectivity index (χ4v) is 4.78. The highest BCUT2D eigenvalue weighted by Gasteiger charge is 2.31. The van der Waals surface area contributed by atoms with Gasteiger partial charge in [0.15, 0.2) is 0 Å². The average molecular weight is 430 g/mol. The third kappa shape index (κ3) is 4.96. The predicted molar refractivity (Wildman–Crippen MR) is 121 cm³/mol. The highest BCUT2D eigenvalue weighted by molar-refractivity contribution is 5.78. The van der Waals surface area contributed by atoms with Crippen molar-refractivity contribution in [2.45, 2.75) is 51.8 Å². The number of likely N-dealkylation sites (tertiary alicyclic amines) is 1. The van der Waals surface area contributed by atoms with Crippen LogP contribution in [0.15, 0.2) is 23.0 Å². The molecule has 1 aromatic heterocycles. The molecule has 0 atom stereocenters. The Hall–Kier alpha value is -2.32. The van der Waals surface area contributed by atoms with Crippen LogP contribution in [0.5, 0.6) is 0 Å². The number of benzene rings is 1. The molecule has 8 nitrogen and oxygen atoms in total. The van der Waals surface area contributed by atoms with Gasteiger partial charge in [0, 0.05) is 58.9 Å². The van der Waals surface area contributed by atoms with Gasteiger partial charge >= 0.3 is 11.8 Å². The molecule has 0 aliphatic carbocycles. The van der Waals surface area contributed by atoms with Crippen molar-refractivity contribution in [2.24, 2.45) is 7.05 Å². The standard InChI is InChI=1S/C23H35N5O3/c1-23(2,3)31-22(30)28-10-8-18(9-11-28)27-14-12-26(13-15-27)16-17-6-5-7-19-20(17)25(4)21(29)24-19/h5-7,18H,8-16H2,1-4H3,(H,24,29). The molecule has 2 aliphatic heterocycles. The second-order valence-corrected chi connectivity index (χ2v) is 9.81. The number of aromatic nitrogens is 2. The molecule has 0 bridgehead atoms. The third-order valence-electron chi connectivity index (χ3n) is 6.43. The summed E-state index contributed by atoms with van der Waals surface area (Å²) in [5, 5.41) is 0. The van der Waals surface area contributed by atoms with E-state index in [0.29, 0.717) is 6.04 Å². The van der Waals surface area contributed by atoms with Crippen LogP contribution in [0.3, 0.4) is 0 Å². The van der Waals surface area contributed by atoms with Crippen LogP contribution in [0.2, 0.25) is 0 Å². The van der Waals surface area contributed by atoms with Gasteiger partial charge in [0.1, 0.15) is 5.60 Å². The van der Waals surface area contributed by atoms with Gasteiger partial charge in [-0.2, -0.15) is 0 Å². The number of carbonyl (C=O) groups is 1. The van der Waals surface area contributed by atoms with Crippen LogP contribution in [0.4, 0.5) is 4.79 Å². The van der Waals surface area contributed by atoms with Crippen molar-refractivity contribution in [3.05, 3.63) is 34.2 Å². The predicted octanol–water partition coefficient (Wildman–Crippen LogP) is 2.38. The minimum Gasteiger partial charge on any atom is -0.444 e. The number of H-pyrrole nitrogens is 1. The Morgan fingerprint density at radius 3 is 2.42 bits per heavy atom. The van der Waals surface area contributed by atoms with Crippen LogP contribution in [-0.2, 0) is 18.3 Å². The minimum atomic E-state index is -0.443. The summed E-state index contributed by atoms with van der Waals surface area (Å²) in [6.07, 6.45) is 1.82. The number of rotatable bonds is 3. The molecule has 0 radical (unpaired) electrons. The summed E-state index contributed by atoms with van der Waals surface area (Å²) < 4.78 is 7.22. The zero-order chi connectivity index (χ0) is 22.2. The van der Waals surface area contributed by atoms with E-state index < -0.39 is 5.60 Å². The van der Waals surface area contributed by atoms with E-state index in [1.807, 2.05) is 44.9 Å². The third-order valence-corrected chi connectivity index (χ3v) is 6.43. The second kappa shape index (κ2) is 8.67. The average Bonchev–Trinajstić information content (AvgIpc) is 3.02. The van der Waals surface area contributed by atoms with E-state index in [1.54, 1.807) is 4.57 Å². The van der Waals surface area contributed by atoms with E-state index >= 15 is 0 Å². The first-order chi connectivity index (χ1) is 14.7. The number of amides is 1. The molecule has 8 heteroatoms. The number of aromatic amines is 1. The molecule has 0 saturated carbocycles. The molecule has 2 fully saturated rings. The molecule has 2 aromatic rings. The van der Waals surface area contributed by atoms with Crippen molar-refractivity contribution >= 4 is 17.1 Å². The van der Waals surface area contributed by atoms with Crippen molar-refractivity contribution in [1.82, 2.24) is 24.3 Å². The summed E-state index contributed by atoms with van der Waals surface area (Å²) in [7, 11) is 1.83. The monoisotopic (exact) mass is 429 g/mol. The van der Waals surface area contributed by atoms with Gasteiger partial charge in [0.05, 0.1) is 11.0 Å². The number of fused-ring (bicyclic) bond motifs is 1. The van der Waals surface area contributed by atoms with E-state index in [-0.39, 0.29) is 11.8 Å². The molecule has 2 aliphatic rings. The van der Waals surface area contributed by atoms with Gasteiger partial charge < -0.3 is 14.6 Å². The Morgan fingerprint density at radius 1 is 1.10 bits per heavy atom. The fourth-order valence-electron chi connectivity index (χ4n) is 4.78. The maximum Gasteiger partial charge on any atom is 0.410 e. The Kier molecular flexibility index (Phi) is 6.12. The smallest absolute Gasteiger partial charge is 0.410 e. The number of hydrogen-bond donors (Lipinski definition) is 1. The first-order valence-electron chi connectivity index (χ1n) is 11.3. The molecule has 1 N–H and O–H groups in total. The van der Waals surface area contributed by atoms with Crippen molar-refractivity contribution in [1.29, 1.82) is 0 Å². The van der Waals surface area contributed by atoms with E-state index in [9.17, 15) is 9.59 Å². The van der Waals surface area contributed by atoms with Crippen LogP contribution >= 0.6 is 0 Å². The molecule has 3 heterocycles. The van der Waals surface area contributed by atoms with E-state index in [2.05, 4.69) is 20.9 Å². The fraction of sp³-hybridized carbons (Fsp3) is 0.652. The summed E-state index contributed by atoms with van der Waals surface area (Å²) >= 11 is 0. The number of piperazine rings is 1. The van der Waals surface area contributed by atoms with Gasteiger partial charge in [-0.15, -0.1) is 0 Å². The minimum absolute atomic E-state index is 0.0648. The molecule has 4 rings (SSSR count). The Morgan fingerprint density at radius 2 is 1.77 bits per heavy atom. The molecule has 1 amide bonds. The molecule has 0 unspecified atom stereocenters. The van der Waals surface area contributed by atoms with E-state index in [4.69, 9.17) is 4.74 Å². The number of imidazole rings is 1. The van der Waals surface area contributed by atoms with Crippen LogP contribution in [0.1, 0.15) is 39.2 Å². The van der Waals surface area contributed by atoms with Gasteiger partial charge in [-0.3, -0.25) is 14.4 Å². The lowest BCUT2D eigenvalue weighted by Crippen LogP contribution is -2.53. The van der Waals surface area contributed by atoms with Crippen molar-refractivity contribution < 1.29 is 9.53 Å². The van der Waals surface area contributed by atoms with Gasteiger partial charge in [-0.05, 0) is 45.2 Å². The molecular weight excluding hydrogens is 394 g/mol. The lowest BCUT2D eigenvalue weighted by molar-refractivity contribution is 0.00970. The molecule has 2 saturated heterocycles. The first-order valence-corrected chi connectivity index (χ1v) is 11.3. The molecular formula is C23H35N5O3. The summed E-state index contributed by atoms with van der Waals surface area (Å²) in [6.45, 7) is 12.2. The van der Waals surface area contributed by atoms with E-state index in [0.717, 1.165) is 69.7 Å². The van der Waals surface area contributed by atoms with Crippen LogP contribution < -0.4 is 5.69 Å². The summed E-state index contributed by atoms with van der Waals surface area (Å²) in [6, 6.07) is 6.63. The van der Waals surface area contributed by atoms with Crippen LogP contribution in [-0.4, -0.2) is 81.3 Å². The zero-order valence-electron chi connectivity index (χ0n) is 19.2. The largest absolute Gasteiger partial charge is 0.444 e. The van der Waals surface area contributed by atoms with Crippen molar-refractivity contribution in [3.8, 4) is 0 Å². The number of nitrogens with zero attached hydrogens (tertiary/aromatic N) is 4. The van der Waals surface area contributed by atoms with Crippen molar-refractivity contribution in [2.75, 3.05) is 39.3 Å². The lowest BCUT2D eigenvalue weighted by atomic mass is 10.0. The second-order valence-electron chi connectivity index (χ2n) is 9.81. The quantitative estimate of drug-likeness (QED) is 0.811. The molecule has 170 valence electrons. The lowest BCUT2D eigenvalue weighted by Gasteiger charge is -2.42. The number of carbonyl (C=O) groups excluding carboxylic acids is 1. The summed E-state index contributed by atoms with van der Waals surface area (Å²) in [5.41, 5.74) is 2.59. The number of nitrogens with one attached hydrogen (secondary N) is 1. The first kappa shape index (κ1) is 21.9. The molecule has 31 heavy (non-hydrogen) atoms. The maximum absolute atomic E-state index is 12.3. The summed E-state index contributed by atoms with van der Waals surface area (Å²) in [5.74, 6) is 0. The highest BCUT2D eigenvalue weighted by atomic mass is 16.6. The molecule has 0 spiro atoms. The van der Waals surface area contributed by atoms with Gasteiger partial charge in [0.25, 0.3) is 0 Å². The van der Waals surface area contributed by atoms with E-state index in [1.165, 1.54) is 5.56 Å². The Labute approximate surface area is 183 Å². The number of piperidine rings is 1. The molecule has 1 aromatic carbocycles. The van der Waals surface area contributed by atoms with Crippen LogP contribution in [0, 0.1) is 0 Å². The van der Waals surface area contributed by atoms with Gasteiger partial charge in [0.2, 0.25) is 0 Å². The number of hydrogen-bond acceptors (Lipinski definition) is 5. The van der Waals surface area contributed by atoms with Gasteiger partial charge in [-0.1, -0.05) is 12.1 Å². The SMILES string of the molecule is Cn1c(=O)[nH]c2cccc(CN3CCN(C4CCN(C(=O)OC(C)(C)C)CC4)CC3)c21. The topological polar surface area (TPSA) is 73.8 Å². The number of para-hydroxylation sites is 1. The van der Waals surface area contributed by atoms with Crippen LogP contribution in [0.25, 0.3) is 11.0 Å². The zero-order valence-corrected chi connectivity index (χ0v) is 19.2. The van der Waals surface area contributed by atoms with Crippen molar-refractivity contribution in [3.63, 3.8) is 0 Å². The highest BCUT2D eigenvalue weighted by Crippen LogP contribution is 2.22. The number of ether oxygens (including phenoxy) is 1.